The van der Waals surface area contributed by atoms with Gasteiger partial charge in [0.15, 0.2) is 5.16 Å². The quantitative estimate of drug-likeness (QED) is 0.504. The Labute approximate surface area is 158 Å². The first kappa shape index (κ1) is 17.0. The maximum atomic E-state index is 12.2. The van der Waals surface area contributed by atoms with Gasteiger partial charge >= 0.3 is 0 Å². The number of rotatable bonds is 4. The van der Waals surface area contributed by atoms with Crippen LogP contribution < -0.4 is 5.56 Å². The number of fused-ring (bicyclic) bond motifs is 1. The Bertz CT molecular complexity index is 1160. The van der Waals surface area contributed by atoms with Crippen LogP contribution in [0.4, 0.5) is 0 Å². The molecule has 0 unspecified atom stereocenters. The number of nitrogens with zero attached hydrogens (tertiary/aromatic N) is 5. The molecule has 0 saturated carbocycles. The Kier molecular flexibility index (Phi) is 4.37. The zero-order chi connectivity index (χ0) is 18.3. The van der Waals surface area contributed by atoms with Crippen molar-refractivity contribution in [1.29, 1.82) is 0 Å². The number of aryl methyl sites for hydroxylation is 3. The van der Waals surface area contributed by atoms with Crippen molar-refractivity contribution < 1.29 is 0 Å². The van der Waals surface area contributed by atoms with Crippen molar-refractivity contribution in [2.24, 2.45) is 0 Å². The smallest absolute Gasteiger partial charge is 0.275 e. The summed E-state index contributed by atoms with van der Waals surface area (Å²) in [5.41, 5.74) is 4.13. The molecule has 0 aliphatic carbocycles. The van der Waals surface area contributed by atoms with Gasteiger partial charge in [0.1, 0.15) is 5.01 Å². The van der Waals surface area contributed by atoms with Crippen LogP contribution in [0.1, 0.15) is 21.8 Å². The monoisotopic (exact) mass is 383 g/mol. The number of imidazole rings is 1. The van der Waals surface area contributed by atoms with E-state index in [0.29, 0.717) is 10.7 Å². The molecule has 3 heterocycles. The van der Waals surface area contributed by atoms with Crippen LogP contribution in [0.25, 0.3) is 10.6 Å². The number of hydrogen-bond acceptors (Lipinski definition) is 6. The van der Waals surface area contributed by atoms with E-state index < -0.39 is 0 Å². The van der Waals surface area contributed by atoms with Gasteiger partial charge in [-0.05, 0) is 32.4 Å². The lowest BCUT2D eigenvalue weighted by Crippen LogP contribution is -2.15. The van der Waals surface area contributed by atoms with Crippen LogP contribution >= 0.6 is 23.1 Å². The van der Waals surface area contributed by atoms with Crippen molar-refractivity contribution in [3.8, 4) is 5.69 Å². The Balaban J connectivity index is 1.61. The minimum Gasteiger partial charge on any atom is -0.295 e. The lowest BCUT2D eigenvalue weighted by molar-refractivity contribution is 0.868. The molecule has 8 heteroatoms. The molecular weight excluding hydrogens is 366 g/mol. The SMILES string of the molecule is Cc1ccc(-n2ccnc2SCc2cc(=O)n3nc(C)sc3n2)c(C)c1. The molecule has 0 amide bonds. The van der Waals surface area contributed by atoms with Gasteiger partial charge in [0.2, 0.25) is 4.96 Å². The predicted molar refractivity (Wildman–Crippen MR) is 104 cm³/mol. The van der Waals surface area contributed by atoms with E-state index in [0.717, 1.165) is 21.5 Å². The molecule has 0 spiro atoms. The van der Waals surface area contributed by atoms with Gasteiger partial charge in [0.25, 0.3) is 5.56 Å². The molecule has 0 aliphatic heterocycles. The van der Waals surface area contributed by atoms with E-state index in [9.17, 15) is 4.79 Å². The molecule has 4 aromatic rings. The number of aromatic nitrogens is 5. The molecule has 0 N–H and O–H groups in total. The Morgan fingerprint density at radius 2 is 2.04 bits per heavy atom. The average molecular weight is 384 g/mol. The van der Waals surface area contributed by atoms with E-state index in [-0.39, 0.29) is 5.56 Å². The first-order valence-electron chi connectivity index (χ1n) is 8.11. The second-order valence-electron chi connectivity index (χ2n) is 6.06. The normalized spacial score (nSPS) is 11.3. The van der Waals surface area contributed by atoms with Crippen LogP contribution in [0.3, 0.4) is 0 Å². The van der Waals surface area contributed by atoms with Crippen molar-refractivity contribution in [3.05, 3.63) is 68.8 Å². The molecule has 4 rings (SSSR count). The third kappa shape index (κ3) is 3.17. The van der Waals surface area contributed by atoms with E-state index in [4.69, 9.17) is 0 Å². The third-order valence-corrected chi connectivity index (χ3v) is 5.79. The van der Waals surface area contributed by atoms with Gasteiger partial charge in [0, 0.05) is 24.2 Å². The predicted octanol–water partition coefficient (Wildman–Crippen LogP) is 3.55. The van der Waals surface area contributed by atoms with Crippen molar-refractivity contribution in [1.82, 2.24) is 24.1 Å². The average Bonchev–Trinajstić information content (AvgIpc) is 3.19. The number of benzene rings is 1. The fourth-order valence-corrected chi connectivity index (χ4v) is 4.45. The highest BCUT2D eigenvalue weighted by atomic mass is 32.2. The minimum atomic E-state index is -0.146. The summed E-state index contributed by atoms with van der Waals surface area (Å²) in [4.78, 5) is 21.8. The zero-order valence-electron chi connectivity index (χ0n) is 14.6. The van der Waals surface area contributed by atoms with E-state index in [1.165, 1.54) is 27.0 Å². The second kappa shape index (κ2) is 6.69. The van der Waals surface area contributed by atoms with Crippen molar-refractivity contribution in [3.63, 3.8) is 0 Å². The largest absolute Gasteiger partial charge is 0.295 e. The van der Waals surface area contributed by atoms with E-state index in [1.54, 1.807) is 24.0 Å². The van der Waals surface area contributed by atoms with Gasteiger partial charge in [0.05, 0.1) is 11.4 Å². The molecule has 0 radical (unpaired) electrons. The van der Waals surface area contributed by atoms with Crippen molar-refractivity contribution in [2.45, 2.75) is 31.7 Å². The van der Waals surface area contributed by atoms with E-state index >= 15 is 0 Å². The molecule has 0 atom stereocenters. The summed E-state index contributed by atoms with van der Waals surface area (Å²) in [5, 5.41) is 5.87. The highest BCUT2D eigenvalue weighted by Gasteiger charge is 2.11. The lowest BCUT2D eigenvalue weighted by atomic mass is 10.1. The molecule has 3 aromatic heterocycles. The van der Waals surface area contributed by atoms with Crippen LogP contribution in [0.2, 0.25) is 0 Å². The molecule has 132 valence electrons. The Hall–Kier alpha value is -2.45. The Morgan fingerprint density at radius 1 is 1.19 bits per heavy atom. The summed E-state index contributed by atoms with van der Waals surface area (Å²) in [6.07, 6.45) is 3.75. The van der Waals surface area contributed by atoms with Gasteiger partial charge in [-0.3, -0.25) is 9.36 Å². The van der Waals surface area contributed by atoms with Crippen molar-refractivity contribution in [2.75, 3.05) is 0 Å². The molecule has 0 saturated heterocycles. The van der Waals surface area contributed by atoms with Gasteiger partial charge in [-0.15, -0.1) is 0 Å². The van der Waals surface area contributed by atoms with E-state index in [2.05, 4.69) is 51.7 Å². The summed E-state index contributed by atoms with van der Waals surface area (Å²) in [5.74, 6) is 0.574. The standard InChI is InChI=1S/C18H17N5OS2/c1-11-4-5-15(12(2)8-11)22-7-6-19-17(22)25-10-14-9-16(24)23-18(20-14)26-13(3)21-23/h4-9H,10H2,1-3H3. The first-order chi connectivity index (χ1) is 12.5. The van der Waals surface area contributed by atoms with Crippen LogP contribution in [-0.2, 0) is 5.75 Å². The summed E-state index contributed by atoms with van der Waals surface area (Å²) in [6, 6.07) is 7.91. The van der Waals surface area contributed by atoms with E-state index in [1.807, 2.05) is 13.1 Å². The molecular formula is C18H17N5OS2. The minimum absolute atomic E-state index is 0.146. The number of hydrogen-bond donors (Lipinski definition) is 0. The van der Waals surface area contributed by atoms with Crippen LogP contribution in [0.15, 0.2) is 46.6 Å². The van der Waals surface area contributed by atoms with Gasteiger partial charge in [-0.1, -0.05) is 40.8 Å². The zero-order valence-corrected chi connectivity index (χ0v) is 16.3. The summed E-state index contributed by atoms with van der Waals surface area (Å²) in [7, 11) is 0. The highest BCUT2D eigenvalue weighted by molar-refractivity contribution is 7.98. The maximum absolute atomic E-state index is 12.2. The maximum Gasteiger partial charge on any atom is 0.275 e. The van der Waals surface area contributed by atoms with Crippen LogP contribution in [-0.4, -0.2) is 24.1 Å². The van der Waals surface area contributed by atoms with Crippen LogP contribution in [0, 0.1) is 20.8 Å². The summed E-state index contributed by atoms with van der Waals surface area (Å²) in [6.45, 7) is 6.05. The molecule has 1 aromatic carbocycles. The fraction of sp³-hybridized carbons (Fsp3) is 0.222. The molecule has 6 nitrogen and oxygen atoms in total. The second-order valence-corrected chi connectivity index (χ2v) is 8.16. The van der Waals surface area contributed by atoms with Gasteiger partial charge in [-0.25, -0.2) is 9.97 Å². The summed E-state index contributed by atoms with van der Waals surface area (Å²) < 4.78 is 3.42. The topological polar surface area (TPSA) is 65.1 Å². The third-order valence-electron chi connectivity index (χ3n) is 3.97. The fourth-order valence-electron chi connectivity index (χ4n) is 2.82. The van der Waals surface area contributed by atoms with Crippen LogP contribution in [0.5, 0.6) is 0 Å². The Morgan fingerprint density at radius 3 is 2.85 bits per heavy atom. The summed E-state index contributed by atoms with van der Waals surface area (Å²) >= 11 is 2.98. The van der Waals surface area contributed by atoms with Gasteiger partial charge in [-0.2, -0.15) is 9.61 Å². The molecule has 0 aliphatic rings. The molecule has 0 bridgehead atoms. The number of thioether (sulfide) groups is 1. The molecule has 26 heavy (non-hydrogen) atoms. The van der Waals surface area contributed by atoms with Gasteiger partial charge < -0.3 is 0 Å². The first-order valence-corrected chi connectivity index (χ1v) is 9.91. The lowest BCUT2D eigenvalue weighted by Gasteiger charge is -2.11. The highest BCUT2D eigenvalue weighted by Crippen LogP contribution is 2.25. The molecule has 0 fully saturated rings. The van der Waals surface area contributed by atoms with Crippen molar-refractivity contribution >= 4 is 28.1 Å².